The molecule has 1 rings (SSSR count). The smallest absolute Gasteiger partial charge is 0.405 e. The maximum Gasteiger partial charge on any atom is 0.405 e. The minimum Gasteiger partial charge on any atom is -0.501 e. The Labute approximate surface area is 167 Å². The van der Waals surface area contributed by atoms with Crippen LogP contribution in [0, 0.1) is 6.42 Å². The Bertz CT molecular complexity index is 394. The predicted octanol–water partition coefficient (Wildman–Crippen LogP) is 6.56. The highest BCUT2D eigenvalue weighted by Gasteiger charge is 2.28. The van der Waals surface area contributed by atoms with Crippen LogP contribution >= 0.6 is 7.75 Å². The first kappa shape index (κ1) is 24.7. The van der Waals surface area contributed by atoms with E-state index in [0.29, 0.717) is 19.8 Å². The third-order valence-electron chi connectivity index (χ3n) is 4.66. The Balaban J connectivity index is 1.72. The van der Waals surface area contributed by atoms with Crippen molar-refractivity contribution >= 4 is 7.75 Å². The van der Waals surface area contributed by atoms with E-state index in [1.165, 1.54) is 77.0 Å². The number of nitrogens with one attached hydrogen (secondary N) is 1. The van der Waals surface area contributed by atoms with Crippen LogP contribution in [0.1, 0.15) is 90.4 Å². The van der Waals surface area contributed by atoms with Gasteiger partial charge < -0.3 is 4.74 Å². The van der Waals surface area contributed by atoms with Gasteiger partial charge in [0, 0.05) is 13.0 Å². The Morgan fingerprint density at radius 2 is 1.56 bits per heavy atom. The van der Waals surface area contributed by atoms with Gasteiger partial charge in [0.25, 0.3) is 0 Å². The molecule has 1 atom stereocenters. The highest BCUT2D eigenvalue weighted by atomic mass is 31.2. The summed E-state index contributed by atoms with van der Waals surface area (Å²) in [5.41, 5.74) is 0. The highest BCUT2D eigenvalue weighted by molar-refractivity contribution is 7.51. The first-order valence-corrected chi connectivity index (χ1v) is 12.5. The summed E-state index contributed by atoms with van der Waals surface area (Å²) in [4.78, 5) is 0. The fourth-order valence-corrected chi connectivity index (χ4v) is 4.29. The molecule has 1 fully saturated rings. The van der Waals surface area contributed by atoms with Crippen molar-refractivity contribution in [1.29, 1.82) is 0 Å². The average molecular weight is 403 g/mol. The molecular weight excluding hydrogens is 361 g/mol. The van der Waals surface area contributed by atoms with Crippen molar-refractivity contribution in [2.24, 2.45) is 0 Å². The fraction of sp³-hybridized carbons (Fsp3) is 0.857. The molecule has 27 heavy (non-hydrogen) atoms. The molecule has 1 heterocycles. The molecule has 1 unspecified atom stereocenters. The lowest BCUT2D eigenvalue weighted by Gasteiger charge is -2.10. The summed E-state index contributed by atoms with van der Waals surface area (Å²) in [5.74, 6) is 0. The molecule has 1 aliphatic rings. The van der Waals surface area contributed by atoms with Gasteiger partial charge in [0.1, 0.15) is 0 Å². The van der Waals surface area contributed by atoms with Crippen LogP contribution in [0.25, 0.3) is 0 Å². The van der Waals surface area contributed by atoms with Gasteiger partial charge in [0.2, 0.25) is 0 Å². The Morgan fingerprint density at radius 3 is 2.15 bits per heavy atom. The van der Waals surface area contributed by atoms with Crippen LogP contribution in [0.5, 0.6) is 0 Å². The first-order chi connectivity index (χ1) is 13.3. The second-order valence-corrected chi connectivity index (χ2v) is 9.03. The van der Waals surface area contributed by atoms with E-state index in [1.807, 2.05) is 0 Å². The van der Waals surface area contributed by atoms with Crippen molar-refractivity contribution in [2.75, 3.05) is 26.4 Å². The monoisotopic (exact) mass is 402 g/mol. The van der Waals surface area contributed by atoms with Crippen molar-refractivity contribution in [1.82, 2.24) is 5.09 Å². The Hall–Kier alpha value is -0.350. The molecule has 1 saturated heterocycles. The highest BCUT2D eigenvalue weighted by Crippen LogP contribution is 2.46. The van der Waals surface area contributed by atoms with Crippen LogP contribution in [-0.4, -0.2) is 26.4 Å². The molecule has 0 saturated carbocycles. The molecule has 1 N–H and O–H groups in total. The van der Waals surface area contributed by atoms with Crippen LogP contribution in [0.2, 0.25) is 0 Å². The van der Waals surface area contributed by atoms with Gasteiger partial charge in [0.05, 0.1) is 26.1 Å². The summed E-state index contributed by atoms with van der Waals surface area (Å²) >= 11 is 0. The summed E-state index contributed by atoms with van der Waals surface area (Å²) in [6, 6.07) is 0. The SMILES string of the molecule is CCCCCCCCCCCCCC/C=C\OC[CH]COP1(=O)NCCO1. The fourth-order valence-electron chi connectivity index (χ4n) is 3.04. The first-order valence-electron chi connectivity index (χ1n) is 11.0. The lowest BCUT2D eigenvalue weighted by molar-refractivity contribution is 0.220. The zero-order valence-electron chi connectivity index (χ0n) is 17.3. The lowest BCUT2D eigenvalue weighted by Crippen LogP contribution is -2.07. The van der Waals surface area contributed by atoms with Crippen molar-refractivity contribution in [3.63, 3.8) is 0 Å². The zero-order chi connectivity index (χ0) is 19.5. The normalized spacial score (nSPS) is 19.9. The Kier molecular flexibility index (Phi) is 16.2. The third-order valence-corrected chi connectivity index (χ3v) is 6.28. The second kappa shape index (κ2) is 17.7. The zero-order valence-corrected chi connectivity index (χ0v) is 18.2. The molecule has 5 nitrogen and oxygen atoms in total. The number of rotatable bonds is 19. The van der Waals surface area contributed by atoms with E-state index in [2.05, 4.69) is 18.1 Å². The summed E-state index contributed by atoms with van der Waals surface area (Å²) in [5, 5.41) is 2.73. The molecule has 6 heteroatoms. The second-order valence-electron chi connectivity index (χ2n) is 7.21. The molecule has 0 aliphatic carbocycles. The number of hydrogen-bond donors (Lipinski definition) is 1. The molecule has 1 radical (unpaired) electrons. The minimum absolute atomic E-state index is 0.261. The van der Waals surface area contributed by atoms with Gasteiger partial charge in [0.15, 0.2) is 0 Å². The summed E-state index contributed by atoms with van der Waals surface area (Å²) in [6.07, 6.45) is 23.2. The van der Waals surface area contributed by atoms with Gasteiger partial charge in [-0.05, 0) is 18.9 Å². The average Bonchev–Trinajstić information content (AvgIpc) is 3.10. The maximum atomic E-state index is 11.8. The molecule has 0 spiro atoms. The van der Waals surface area contributed by atoms with E-state index in [1.54, 1.807) is 12.7 Å². The number of hydrogen-bond acceptors (Lipinski definition) is 4. The standard InChI is InChI=1S/C21H41NO4P/c1-2-3-4-5-6-7-8-9-10-11-12-13-14-15-18-24-19-16-20-25-27(23)22-17-21-26-27/h15-16,18H,2-14,17,19-21H2,1H3,(H,22,23)/b18-15-. The topological polar surface area (TPSA) is 56.8 Å². The predicted molar refractivity (Wildman–Crippen MR) is 113 cm³/mol. The van der Waals surface area contributed by atoms with E-state index in [4.69, 9.17) is 13.8 Å². The minimum atomic E-state index is -3.02. The summed E-state index contributed by atoms with van der Waals surface area (Å²) in [6.45, 7) is 4.01. The van der Waals surface area contributed by atoms with Gasteiger partial charge >= 0.3 is 7.75 Å². The molecule has 0 aromatic carbocycles. The molecule has 0 aromatic heterocycles. The molecule has 0 bridgehead atoms. The third kappa shape index (κ3) is 15.3. The largest absolute Gasteiger partial charge is 0.501 e. The van der Waals surface area contributed by atoms with E-state index in [-0.39, 0.29) is 6.61 Å². The number of ether oxygens (including phenoxy) is 1. The van der Waals surface area contributed by atoms with Crippen molar-refractivity contribution in [3.8, 4) is 0 Å². The quantitative estimate of drug-likeness (QED) is 0.151. The van der Waals surface area contributed by atoms with Crippen LogP contribution in [0.3, 0.4) is 0 Å². The van der Waals surface area contributed by atoms with E-state index in [0.717, 1.165) is 6.42 Å². The van der Waals surface area contributed by atoms with Crippen molar-refractivity contribution in [3.05, 3.63) is 18.8 Å². The van der Waals surface area contributed by atoms with Crippen LogP contribution in [0.4, 0.5) is 0 Å². The van der Waals surface area contributed by atoms with Gasteiger partial charge in [-0.25, -0.2) is 9.65 Å². The lowest BCUT2D eigenvalue weighted by atomic mass is 10.0. The van der Waals surface area contributed by atoms with Gasteiger partial charge in [-0.3, -0.25) is 9.05 Å². The van der Waals surface area contributed by atoms with Crippen molar-refractivity contribution in [2.45, 2.75) is 90.4 Å². The van der Waals surface area contributed by atoms with Crippen LogP contribution in [-0.2, 0) is 18.3 Å². The molecule has 1 aliphatic heterocycles. The Morgan fingerprint density at radius 1 is 0.926 bits per heavy atom. The number of allylic oxidation sites excluding steroid dienone is 1. The van der Waals surface area contributed by atoms with Gasteiger partial charge in [-0.2, -0.15) is 0 Å². The van der Waals surface area contributed by atoms with E-state index >= 15 is 0 Å². The molecule has 0 aromatic rings. The van der Waals surface area contributed by atoms with E-state index < -0.39 is 7.75 Å². The van der Waals surface area contributed by atoms with E-state index in [9.17, 15) is 4.57 Å². The summed E-state index contributed by atoms with van der Waals surface area (Å²) in [7, 11) is -3.02. The maximum absolute atomic E-state index is 11.8. The molecule has 0 amide bonds. The van der Waals surface area contributed by atoms with Crippen LogP contribution < -0.4 is 5.09 Å². The van der Waals surface area contributed by atoms with Gasteiger partial charge in [-0.15, -0.1) is 0 Å². The number of unbranched alkanes of at least 4 members (excludes halogenated alkanes) is 12. The van der Waals surface area contributed by atoms with Crippen LogP contribution in [0.15, 0.2) is 12.3 Å². The molecule has 159 valence electrons. The van der Waals surface area contributed by atoms with Crippen molar-refractivity contribution < 1.29 is 18.3 Å². The van der Waals surface area contributed by atoms with Gasteiger partial charge in [-0.1, -0.05) is 77.6 Å². The summed E-state index contributed by atoms with van der Waals surface area (Å²) < 4.78 is 27.3. The molecular formula is C21H41NO4P.